The molecule has 0 radical (unpaired) electrons. The molecule has 0 saturated heterocycles. The topological polar surface area (TPSA) is 111 Å². The third kappa shape index (κ3) is 3.93. The largest absolute Gasteiger partial charge is 0.508 e. The zero-order chi connectivity index (χ0) is 21.9. The quantitative estimate of drug-likeness (QED) is 0.428. The predicted molar refractivity (Wildman–Crippen MR) is 116 cm³/mol. The average molecular weight is 427 g/mol. The molecule has 32 heavy (non-hydrogen) atoms. The van der Waals surface area contributed by atoms with Crippen molar-refractivity contribution in [1.29, 1.82) is 0 Å². The molecule has 0 amide bonds. The van der Waals surface area contributed by atoms with Gasteiger partial charge in [0.25, 0.3) is 5.89 Å². The first-order valence-electron chi connectivity index (χ1n) is 9.88. The lowest BCUT2D eigenvalue weighted by atomic mass is 10.1. The molecule has 5 aromatic rings. The van der Waals surface area contributed by atoms with Crippen LogP contribution in [0.2, 0.25) is 0 Å². The fraction of sp³-hybridized carbons (Fsp3) is 0.0833. The minimum atomic E-state index is -0.154. The van der Waals surface area contributed by atoms with Crippen molar-refractivity contribution in [2.24, 2.45) is 0 Å². The highest BCUT2D eigenvalue weighted by Crippen LogP contribution is 2.24. The molecule has 2 aromatic carbocycles. The van der Waals surface area contributed by atoms with Gasteiger partial charge in [0.2, 0.25) is 0 Å². The lowest BCUT2D eigenvalue weighted by Gasteiger charge is -2.07. The van der Waals surface area contributed by atoms with E-state index in [0.29, 0.717) is 52.6 Å². The fourth-order valence-corrected chi connectivity index (χ4v) is 3.26. The number of rotatable bonds is 6. The number of hydrogen-bond acceptors (Lipinski definition) is 8. The van der Waals surface area contributed by atoms with Gasteiger partial charge in [0.1, 0.15) is 23.3 Å². The summed E-state index contributed by atoms with van der Waals surface area (Å²) in [6.07, 6.45) is 5.20. The number of nitrogens with zero attached hydrogens (tertiary/aromatic N) is 3. The molecule has 8 heteroatoms. The first-order valence-corrected chi connectivity index (χ1v) is 9.88. The van der Waals surface area contributed by atoms with Crippen LogP contribution in [0.4, 0.5) is 0 Å². The number of hydrogen-bond donors (Lipinski definition) is 1. The van der Waals surface area contributed by atoms with Crippen molar-refractivity contribution in [3.8, 4) is 34.1 Å². The summed E-state index contributed by atoms with van der Waals surface area (Å²) in [6.45, 7) is 0.327. The minimum absolute atomic E-state index is 0.134. The van der Waals surface area contributed by atoms with Crippen LogP contribution in [0.5, 0.6) is 11.5 Å². The summed E-state index contributed by atoms with van der Waals surface area (Å²) in [5.74, 6) is 1.63. The molecule has 0 aliphatic heterocycles. The average Bonchev–Trinajstić information content (AvgIpc) is 3.30. The normalized spacial score (nSPS) is 11.0. The predicted octanol–water partition coefficient (Wildman–Crippen LogP) is 4.23. The lowest BCUT2D eigenvalue weighted by molar-refractivity contribution is 0.315. The van der Waals surface area contributed by atoms with Crippen molar-refractivity contribution in [2.45, 2.75) is 6.42 Å². The molecular weight excluding hydrogens is 410 g/mol. The highest BCUT2D eigenvalue weighted by Gasteiger charge is 2.11. The number of fused-ring (bicyclic) bond motifs is 1. The van der Waals surface area contributed by atoms with Crippen LogP contribution in [0.1, 0.15) is 5.82 Å². The van der Waals surface area contributed by atoms with Crippen molar-refractivity contribution in [2.75, 3.05) is 6.61 Å². The molecule has 0 bridgehead atoms. The highest BCUT2D eigenvalue weighted by molar-refractivity contribution is 5.82. The number of pyridine rings is 1. The summed E-state index contributed by atoms with van der Waals surface area (Å²) in [7, 11) is 0. The second-order valence-electron chi connectivity index (χ2n) is 7.04. The monoisotopic (exact) mass is 427 g/mol. The van der Waals surface area contributed by atoms with Gasteiger partial charge in [0, 0.05) is 24.9 Å². The highest BCUT2D eigenvalue weighted by atomic mass is 16.5. The number of phenols is 1. The van der Waals surface area contributed by atoms with Crippen LogP contribution in [-0.4, -0.2) is 26.8 Å². The molecule has 3 aromatic heterocycles. The van der Waals surface area contributed by atoms with Crippen molar-refractivity contribution in [1.82, 2.24) is 15.1 Å². The number of phenolic OH excluding ortho intramolecular Hbond substituents is 1. The van der Waals surface area contributed by atoms with Gasteiger partial charge in [0.15, 0.2) is 11.3 Å². The maximum Gasteiger partial charge on any atom is 0.259 e. The second-order valence-corrected chi connectivity index (χ2v) is 7.04. The zero-order valence-electron chi connectivity index (χ0n) is 16.8. The smallest absolute Gasteiger partial charge is 0.259 e. The van der Waals surface area contributed by atoms with E-state index < -0.39 is 0 Å². The first kappa shape index (κ1) is 19.5. The van der Waals surface area contributed by atoms with E-state index in [1.807, 2.05) is 6.07 Å². The van der Waals surface area contributed by atoms with Gasteiger partial charge >= 0.3 is 0 Å². The summed E-state index contributed by atoms with van der Waals surface area (Å²) in [4.78, 5) is 21.2. The fourth-order valence-electron chi connectivity index (χ4n) is 3.26. The Balaban J connectivity index is 1.28. The summed E-state index contributed by atoms with van der Waals surface area (Å²) in [5, 5.41) is 13.8. The van der Waals surface area contributed by atoms with Gasteiger partial charge < -0.3 is 18.8 Å². The van der Waals surface area contributed by atoms with E-state index in [1.165, 1.54) is 18.4 Å². The standard InChI is InChI=1S/C24H17N3O5/c28-17-5-3-15(4-6-17)20-14-31-21-12-18(7-8-19(21)23(20)29)30-11-9-22-26-24(32-27-22)16-2-1-10-25-13-16/h1-8,10,12-14,28H,9,11H2. The Labute approximate surface area is 181 Å². The van der Waals surface area contributed by atoms with E-state index in [4.69, 9.17) is 13.7 Å². The summed E-state index contributed by atoms with van der Waals surface area (Å²) in [6, 6.07) is 15.1. The van der Waals surface area contributed by atoms with Crippen molar-refractivity contribution >= 4 is 11.0 Å². The number of benzene rings is 2. The second kappa shape index (κ2) is 8.35. The molecule has 8 nitrogen and oxygen atoms in total. The molecule has 1 N–H and O–H groups in total. The van der Waals surface area contributed by atoms with Crippen LogP contribution >= 0.6 is 0 Å². The van der Waals surface area contributed by atoms with Crippen molar-refractivity contribution in [3.05, 3.63) is 89.3 Å². The zero-order valence-corrected chi connectivity index (χ0v) is 16.8. The Morgan fingerprint density at radius 1 is 1.03 bits per heavy atom. The van der Waals surface area contributed by atoms with E-state index in [2.05, 4.69) is 15.1 Å². The molecule has 0 unspecified atom stereocenters. The van der Waals surface area contributed by atoms with Crippen LogP contribution in [-0.2, 0) is 6.42 Å². The van der Waals surface area contributed by atoms with E-state index >= 15 is 0 Å². The van der Waals surface area contributed by atoms with Gasteiger partial charge in [-0.1, -0.05) is 17.3 Å². The summed E-state index contributed by atoms with van der Waals surface area (Å²) in [5.41, 5.74) is 2.12. The third-order valence-electron chi connectivity index (χ3n) is 4.90. The van der Waals surface area contributed by atoms with Gasteiger partial charge in [-0.3, -0.25) is 9.78 Å². The van der Waals surface area contributed by atoms with Crippen LogP contribution < -0.4 is 10.2 Å². The van der Waals surface area contributed by atoms with Gasteiger partial charge in [0.05, 0.1) is 23.1 Å². The SMILES string of the molecule is O=c1c(-c2ccc(O)cc2)coc2cc(OCCc3noc(-c4cccnc4)n3)ccc12. The van der Waals surface area contributed by atoms with E-state index in [-0.39, 0.29) is 11.2 Å². The Bertz CT molecular complexity index is 1430. The van der Waals surface area contributed by atoms with E-state index in [1.54, 1.807) is 48.8 Å². The van der Waals surface area contributed by atoms with Crippen LogP contribution in [0.15, 0.2) is 87.0 Å². The number of aromatic nitrogens is 3. The molecule has 0 aliphatic carbocycles. The molecular formula is C24H17N3O5. The Morgan fingerprint density at radius 2 is 1.91 bits per heavy atom. The number of ether oxygens (including phenoxy) is 1. The third-order valence-corrected chi connectivity index (χ3v) is 4.90. The van der Waals surface area contributed by atoms with Gasteiger partial charge in [-0.2, -0.15) is 4.98 Å². The lowest BCUT2D eigenvalue weighted by Crippen LogP contribution is -2.06. The van der Waals surface area contributed by atoms with Crippen molar-refractivity contribution < 1.29 is 18.8 Å². The van der Waals surface area contributed by atoms with Crippen LogP contribution in [0.3, 0.4) is 0 Å². The Kier molecular flexibility index (Phi) is 5.09. The molecule has 0 aliphatic rings. The van der Waals surface area contributed by atoms with Crippen LogP contribution in [0, 0.1) is 0 Å². The van der Waals surface area contributed by atoms with Crippen LogP contribution in [0.25, 0.3) is 33.6 Å². The molecule has 5 rings (SSSR count). The summed E-state index contributed by atoms with van der Waals surface area (Å²) >= 11 is 0. The molecule has 158 valence electrons. The Hall–Kier alpha value is -4.46. The minimum Gasteiger partial charge on any atom is -0.508 e. The molecule has 0 spiro atoms. The maximum absolute atomic E-state index is 12.8. The van der Waals surface area contributed by atoms with E-state index in [9.17, 15) is 9.90 Å². The summed E-state index contributed by atoms with van der Waals surface area (Å²) < 4.78 is 16.7. The first-order chi connectivity index (χ1) is 15.7. The Morgan fingerprint density at radius 3 is 2.72 bits per heavy atom. The molecule has 3 heterocycles. The number of aromatic hydroxyl groups is 1. The molecule has 0 atom stereocenters. The molecule has 0 saturated carbocycles. The van der Waals surface area contributed by atoms with Gasteiger partial charge in [-0.25, -0.2) is 0 Å². The molecule has 0 fully saturated rings. The van der Waals surface area contributed by atoms with E-state index in [0.717, 1.165) is 5.56 Å². The maximum atomic E-state index is 12.8. The van der Waals surface area contributed by atoms with Gasteiger partial charge in [-0.15, -0.1) is 0 Å². The van der Waals surface area contributed by atoms with Gasteiger partial charge in [-0.05, 0) is 42.0 Å². The van der Waals surface area contributed by atoms with Crippen molar-refractivity contribution in [3.63, 3.8) is 0 Å².